The molecule has 1 N–H and O–H groups in total. The standard InChI is InChI=1S/C11H16N4O2/c12-6-2-1-3-8-14-15-9-10(11(16)17)5-4-7-13/h10H,1-5,8-9H2,(H,16,17). The minimum absolute atomic E-state index is 0.120. The Morgan fingerprint density at radius 3 is 2.47 bits per heavy atom. The number of hydrogen-bond acceptors (Lipinski definition) is 5. The minimum Gasteiger partial charge on any atom is -0.481 e. The fraction of sp³-hybridized carbons (Fsp3) is 0.727. The van der Waals surface area contributed by atoms with Crippen LogP contribution in [0.1, 0.15) is 32.1 Å². The van der Waals surface area contributed by atoms with Gasteiger partial charge in [0.1, 0.15) is 0 Å². The number of nitrogens with zero attached hydrogens (tertiary/aromatic N) is 4. The Hall–Kier alpha value is -1.95. The van der Waals surface area contributed by atoms with Crippen LogP contribution in [0.3, 0.4) is 0 Å². The van der Waals surface area contributed by atoms with Crippen molar-refractivity contribution in [3.05, 3.63) is 0 Å². The quantitative estimate of drug-likeness (QED) is 0.488. The van der Waals surface area contributed by atoms with Crippen LogP contribution in [0.5, 0.6) is 0 Å². The van der Waals surface area contributed by atoms with Gasteiger partial charge in [-0.25, -0.2) is 0 Å². The Balaban J connectivity index is 3.73. The minimum atomic E-state index is -0.941. The van der Waals surface area contributed by atoms with E-state index in [9.17, 15) is 4.79 Å². The van der Waals surface area contributed by atoms with Crippen molar-refractivity contribution in [2.75, 3.05) is 13.1 Å². The van der Waals surface area contributed by atoms with Gasteiger partial charge >= 0.3 is 5.97 Å². The zero-order chi connectivity index (χ0) is 12.9. The average molecular weight is 236 g/mol. The Morgan fingerprint density at radius 1 is 1.18 bits per heavy atom. The van der Waals surface area contributed by atoms with Crippen molar-refractivity contribution in [3.63, 3.8) is 0 Å². The molecule has 0 aliphatic carbocycles. The molecule has 0 aromatic rings. The van der Waals surface area contributed by atoms with E-state index in [0.29, 0.717) is 19.4 Å². The zero-order valence-corrected chi connectivity index (χ0v) is 9.67. The Labute approximate surface area is 101 Å². The van der Waals surface area contributed by atoms with E-state index >= 15 is 0 Å². The van der Waals surface area contributed by atoms with Crippen molar-refractivity contribution < 1.29 is 9.90 Å². The van der Waals surface area contributed by atoms with Crippen LogP contribution in [0, 0.1) is 28.6 Å². The number of carboxylic acid groups (broad SMARTS) is 1. The monoisotopic (exact) mass is 236 g/mol. The first-order chi connectivity index (χ1) is 8.22. The molecule has 0 radical (unpaired) electrons. The lowest BCUT2D eigenvalue weighted by Gasteiger charge is -2.05. The van der Waals surface area contributed by atoms with Crippen LogP contribution >= 0.6 is 0 Å². The summed E-state index contributed by atoms with van der Waals surface area (Å²) >= 11 is 0. The molecule has 1 unspecified atom stereocenters. The van der Waals surface area contributed by atoms with Gasteiger partial charge in [0.2, 0.25) is 0 Å². The van der Waals surface area contributed by atoms with Gasteiger partial charge < -0.3 is 5.11 Å². The molecule has 0 aliphatic heterocycles. The Morgan fingerprint density at radius 2 is 1.88 bits per heavy atom. The van der Waals surface area contributed by atoms with E-state index < -0.39 is 11.9 Å². The highest BCUT2D eigenvalue weighted by atomic mass is 16.4. The molecule has 0 rings (SSSR count). The molecule has 92 valence electrons. The van der Waals surface area contributed by atoms with Gasteiger partial charge in [0, 0.05) is 12.8 Å². The van der Waals surface area contributed by atoms with Gasteiger partial charge in [-0.3, -0.25) is 4.79 Å². The molecule has 17 heavy (non-hydrogen) atoms. The topological polar surface area (TPSA) is 110 Å². The second kappa shape index (κ2) is 10.6. The predicted octanol–water partition coefficient (Wildman–Crippen LogP) is 2.14. The van der Waals surface area contributed by atoms with Crippen LogP contribution in [0.2, 0.25) is 0 Å². The number of carboxylic acids is 1. The molecular weight excluding hydrogens is 220 g/mol. The number of azo groups is 1. The Kier molecular flexibility index (Phi) is 9.35. The molecule has 0 aromatic heterocycles. The van der Waals surface area contributed by atoms with Crippen molar-refractivity contribution >= 4 is 5.97 Å². The first-order valence-electron chi connectivity index (χ1n) is 5.52. The summed E-state index contributed by atoms with van der Waals surface area (Å²) in [6.45, 7) is 0.640. The molecule has 1 atom stereocenters. The number of aliphatic carboxylic acids is 1. The van der Waals surface area contributed by atoms with Crippen LogP contribution < -0.4 is 0 Å². The summed E-state index contributed by atoms with van der Waals surface area (Å²) in [5.41, 5.74) is 0. The van der Waals surface area contributed by atoms with Crippen molar-refractivity contribution in [2.45, 2.75) is 32.1 Å². The fourth-order valence-corrected chi connectivity index (χ4v) is 1.15. The molecule has 6 nitrogen and oxygen atoms in total. The summed E-state index contributed by atoms with van der Waals surface area (Å²) < 4.78 is 0. The molecule has 0 spiro atoms. The zero-order valence-electron chi connectivity index (χ0n) is 9.67. The van der Waals surface area contributed by atoms with E-state index in [-0.39, 0.29) is 13.0 Å². The fourth-order valence-electron chi connectivity index (χ4n) is 1.15. The smallest absolute Gasteiger partial charge is 0.308 e. The van der Waals surface area contributed by atoms with Gasteiger partial charge in [-0.2, -0.15) is 20.8 Å². The third-order valence-corrected chi connectivity index (χ3v) is 2.15. The summed E-state index contributed by atoms with van der Waals surface area (Å²) in [4.78, 5) is 10.8. The van der Waals surface area contributed by atoms with E-state index in [4.69, 9.17) is 15.6 Å². The lowest BCUT2D eigenvalue weighted by Crippen LogP contribution is -2.16. The summed E-state index contributed by atoms with van der Waals surface area (Å²) in [5, 5.41) is 33.1. The van der Waals surface area contributed by atoms with Gasteiger partial charge in [-0.1, -0.05) is 0 Å². The first-order valence-corrected chi connectivity index (χ1v) is 5.52. The molecule has 0 fully saturated rings. The molecule has 0 aliphatic rings. The number of nitriles is 2. The number of rotatable bonds is 9. The maximum absolute atomic E-state index is 10.8. The molecule has 0 aromatic carbocycles. The molecule has 0 saturated heterocycles. The summed E-state index contributed by atoms with van der Waals surface area (Å²) in [5.74, 6) is -1.57. The van der Waals surface area contributed by atoms with E-state index in [1.165, 1.54) is 0 Å². The Bertz CT molecular complexity index is 327. The number of hydrogen-bond donors (Lipinski definition) is 1. The largest absolute Gasteiger partial charge is 0.481 e. The van der Waals surface area contributed by atoms with Crippen LogP contribution in [-0.4, -0.2) is 24.2 Å². The normalized spacial score (nSPS) is 11.9. The van der Waals surface area contributed by atoms with Gasteiger partial charge in [0.25, 0.3) is 0 Å². The first kappa shape index (κ1) is 15.0. The number of carbonyl (C=O) groups is 1. The molecule has 0 saturated carbocycles. The van der Waals surface area contributed by atoms with Crippen molar-refractivity contribution in [3.8, 4) is 12.1 Å². The van der Waals surface area contributed by atoms with Crippen LogP contribution in [-0.2, 0) is 4.79 Å². The van der Waals surface area contributed by atoms with Crippen molar-refractivity contribution in [2.24, 2.45) is 16.1 Å². The van der Waals surface area contributed by atoms with E-state index in [1.54, 1.807) is 0 Å². The highest BCUT2D eigenvalue weighted by Gasteiger charge is 2.16. The van der Waals surface area contributed by atoms with Crippen LogP contribution in [0.15, 0.2) is 10.2 Å². The number of unbranched alkanes of at least 4 members (excludes halogenated alkanes) is 2. The lowest BCUT2D eigenvalue weighted by atomic mass is 10.0. The highest BCUT2D eigenvalue weighted by Crippen LogP contribution is 2.07. The molecule has 0 heterocycles. The van der Waals surface area contributed by atoms with Crippen LogP contribution in [0.25, 0.3) is 0 Å². The molecular formula is C11H16N4O2. The molecule has 6 heteroatoms. The third-order valence-electron chi connectivity index (χ3n) is 2.15. The predicted molar refractivity (Wildman–Crippen MR) is 60.0 cm³/mol. The maximum atomic E-state index is 10.8. The molecule has 0 amide bonds. The second-order valence-corrected chi connectivity index (χ2v) is 3.54. The van der Waals surface area contributed by atoms with E-state index in [1.807, 2.05) is 12.1 Å². The van der Waals surface area contributed by atoms with Gasteiger partial charge in [-0.15, -0.1) is 0 Å². The second-order valence-electron chi connectivity index (χ2n) is 3.54. The van der Waals surface area contributed by atoms with Crippen LogP contribution in [0.4, 0.5) is 0 Å². The summed E-state index contributed by atoms with van der Waals surface area (Å²) in [6, 6.07) is 3.95. The van der Waals surface area contributed by atoms with E-state index in [0.717, 1.165) is 12.8 Å². The van der Waals surface area contributed by atoms with Crippen molar-refractivity contribution in [1.82, 2.24) is 0 Å². The lowest BCUT2D eigenvalue weighted by molar-refractivity contribution is -0.141. The van der Waals surface area contributed by atoms with Crippen molar-refractivity contribution in [1.29, 1.82) is 10.5 Å². The van der Waals surface area contributed by atoms with Gasteiger partial charge in [0.05, 0.1) is 31.1 Å². The third kappa shape index (κ3) is 9.01. The van der Waals surface area contributed by atoms with Gasteiger partial charge in [-0.05, 0) is 19.3 Å². The van der Waals surface area contributed by atoms with Gasteiger partial charge in [0.15, 0.2) is 0 Å². The SMILES string of the molecule is N#CCCCCN=NCC(CCC#N)C(=O)O. The summed E-state index contributed by atoms with van der Waals surface area (Å²) in [7, 11) is 0. The van der Waals surface area contributed by atoms with E-state index in [2.05, 4.69) is 10.2 Å². The summed E-state index contributed by atoms with van der Waals surface area (Å²) in [6.07, 6.45) is 2.60. The average Bonchev–Trinajstić information content (AvgIpc) is 2.31. The highest BCUT2D eigenvalue weighted by molar-refractivity contribution is 5.70. The maximum Gasteiger partial charge on any atom is 0.308 e. The molecule has 0 bridgehead atoms.